The minimum Gasteiger partial charge on any atom is -0.0732 e. The molecule has 2 saturated heterocycles. The van der Waals surface area contributed by atoms with Gasteiger partial charge in [0, 0.05) is 0 Å². The molecule has 2 heterocycles. The first-order valence-corrected chi connectivity index (χ1v) is 10.0. The van der Waals surface area contributed by atoms with E-state index in [0.717, 1.165) is 36.0 Å². The second-order valence-corrected chi connectivity index (χ2v) is 9.97. The summed E-state index contributed by atoms with van der Waals surface area (Å²) in [4.78, 5) is 0. The van der Waals surface area contributed by atoms with E-state index in [2.05, 4.69) is 47.8 Å². The van der Waals surface area contributed by atoms with Gasteiger partial charge in [-0.1, -0.05) is 20.1 Å². The first-order valence-electron chi connectivity index (χ1n) is 8.10. The summed E-state index contributed by atoms with van der Waals surface area (Å²) in [6.45, 7) is 14.7. The van der Waals surface area contributed by atoms with Crippen molar-refractivity contribution in [3.05, 3.63) is 0 Å². The van der Waals surface area contributed by atoms with Crippen LogP contribution in [0.15, 0.2) is 0 Å². The van der Waals surface area contributed by atoms with Crippen LogP contribution in [0.25, 0.3) is 0 Å². The summed E-state index contributed by atoms with van der Waals surface area (Å²) in [6.07, 6.45) is 5.60. The fourth-order valence-corrected chi connectivity index (χ4v) is 7.38. The van der Waals surface area contributed by atoms with Crippen LogP contribution in [0.5, 0.6) is 0 Å². The molecule has 4 atom stereocenters. The van der Waals surface area contributed by atoms with Crippen molar-refractivity contribution in [2.75, 3.05) is 0 Å². The van der Waals surface area contributed by atoms with Crippen molar-refractivity contribution in [3.63, 3.8) is 0 Å². The summed E-state index contributed by atoms with van der Waals surface area (Å²) in [6, 6.07) is 3.19. The van der Waals surface area contributed by atoms with Crippen LogP contribution < -0.4 is 21.8 Å². The molecule has 0 saturated carbocycles. The van der Waals surface area contributed by atoms with Crippen molar-refractivity contribution in [3.8, 4) is 0 Å². The van der Waals surface area contributed by atoms with Crippen LogP contribution in [0.2, 0.25) is 0 Å². The molecule has 0 bridgehead atoms. The summed E-state index contributed by atoms with van der Waals surface area (Å²) in [7, 11) is 0. The minimum atomic E-state index is 0.0494. The van der Waals surface area contributed by atoms with E-state index in [4.69, 9.17) is 0 Å². The van der Waals surface area contributed by atoms with Gasteiger partial charge in [-0.2, -0.15) is 0 Å². The van der Waals surface area contributed by atoms with E-state index in [0.29, 0.717) is 0 Å². The maximum absolute atomic E-state index is 2.86. The maximum Gasteiger partial charge on any atom is 0.514 e. The standard InChI is InChI=1S/C16H32IN2/c1-11-7-13(3)18(14(4)8-11)17-19-15(5)9-12(2)10-16(19)6/h11-16H,7-10H2,1-6H3/q+1. The maximum atomic E-state index is 2.86. The molecule has 4 unspecified atom stereocenters. The first-order chi connectivity index (χ1) is 8.88. The van der Waals surface area contributed by atoms with Gasteiger partial charge in [0.25, 0.3) is 0 Å². The zero-order chi connectivity index (χ0) is 14.2. The zero-order valence-electron chi connectivity index (χ0n) is 13.6. The third kappa shape index (κ3) is 3.85. The number of hydrogen-bond donors (Lipinski definition) is 0. The van der Waals surface area contributed by atoms with Gasteiger partial charge in [0.1, 0.15) is 0 Å². The molecular formula is C16H32IN2+. The van der Waals surface area contributed by atoms with Gasteiger partial charge in [-0.25, -0.2) is 0 Å². The molecule has 2 nitrogen and oxygen atoms in total. The minimum absolute atomic E-state index is 0.0494. The van der Waals surface area contributed by atoms with Gasteiger partial charge >= 0.3 is 21.8 Å². The normalized spacial score (nSPS) is 46.4. The average molecular weight is 379 g/mol. The highest BCUT2D eigenvalue weighted by molar-refractivity contribution is 4.79. The first kappa shape index (κ1) is 16.0. The molecule has 2 rings (SSSR count). The van der Waals surface area contributed by atoms with E-state index in [1.54, 1.807) is 0 Å². The van der Waals surface area contributed by atoms with Gasteiger partial charge in [0.15, 0.2) is 0 Å². The number of halogens is 1. The monoisotopic (exact) mass is 379 g/mol. The Morgan fingerprint density at radius 3 is 1.11 bits per heavy atom. The SMILES string of the molecule is CC1CC(C)N([I+]N2C(C)CC(C)CC2C)C(C)C1. The predicted molar refractivity (Wildman–Crippen MR) is 78.3 cm³/mol. The van der Waals surface area contributed by atoms with Gasteiger partial charge in [0.2, 0.25) is 0 Å². The average Bonchev–Trinajstić information content (AvgIpc) is 2.25. The third-order valence-electron chi connectivity index (χ3n) is 4.83. The lowest BCUT2D eigenvalue weighted by Gasteiger charge is -2.38. The topological polar surface area (TPSA) is 6.48 Å². The molecular weight excluding hydrogens is 347 g/mol. The van der Waals surface area contributed by atoms with E-state index in [1.165, 1.54) is 25.7 Å². The smallest absolute Gasteiger partial charge is 0.0732 e. The second-order valence-electron chi connectivity index (χ2n) is 7.31. The summed E-state index contributed by atoms with van der Waals surface area (Å²) in [5, 5.41) is 0. The van der Waals surface area contributed by atoms with Crippen LogP contribution in [-0.4, -0.2) is 30.4 Å². The lowest BCUT2D eigenvalue weighted by Crippen LogP contribution is -3.73. The molecule has 0 aromatic carbocycles. The van der Waals surface area contributed by atoms with Crippen LogP contribution in [-0.2, 0) is 0 Å². The van der Waals surface area contributed by atoms with Gasteiger partial charge in [-0.05, 0) is 65.2 Å². The third-order valence-corrected chi connectivity index (χ3v) is 9.63. The van der Waals surface area contributed by atoms with Gasteiger partial charge in [-0.15, -0.1) is 0 Å². The highest BCUT2D eigenvalue weighted by atomic mass is 127. The number of piperidine rings is 2. The Hall–Kier alpha value is 0.650. The summed E-state index contributed by atoms with van der Waals surface area (Å²) < 4.78 is 5.73. The highest BCUT2D eigenvalue weighted by Gasteiger charge is 2.46. The van der Waals surface area contributed by atoms with E-state index in [1.807, 2.05) is 0 Å². The molecule has 2 aliphatic rings. The molecule has 0 spiro atoms. The molecule has 19 heavy (non-hydrogen) atoms. The predicted octanol–water partition coefficient (Wildman–Crippen LogP) is 0.923. The summed E-state index contributed by atoms with van der Waals surface area (Å²) in [5.74, 6) is 1.84. The molecule has 0 amide bonds. The van der Waals surface area contributed by atoms with Crippen LogP contribution in [0.3, 0.4) is 0 Å². The van der Waals surface area contributed by atoms with Crippen LogP contribution in [0, 0.1) is 11.8 Å². The Morgan fingerprint density at radius 1 is 0.579 bits per heavy atom. The molecule has 0 aromatic heterocycles. The Balaban J connectivity index is 1.99. The fourth-order valence-electron chi connectivity index (χ4n) is 4.19. The Kier molecular flexibility index (Phi) is 5.58. The lowest BCUT2D eigenvalue weighted by molar-refractivity contribution is -0.942. The van der Waals surface area contributed by atoms with Crippen LogP contribution in [0.4, 0.5) is 0 Å². The summed E-state index contributed by atoms with van der Waals surface area (Å²) >= 11 is 0.0494. The summed E-state index contributed by atoms with van der Waals surface area (Å²) in [5.41, 5.74) is 0. The molecule has 112 valence electrons. The molecule has 3 heteroatoms. The Labute approximate surface area is 131 Å². The number of rotatable bonds is 2. The van der Waals surface area contributed by atoms with E-state index in [9.17, 15) is 0 Å². The van der Waals surface area contributed by atoms with Crippen LogP contribution >= 0.6 is 0 Å². The fraction of sp³-hybridized carbons (Fsp3) is 1.00. The van der Waals surface area contributed by atoms with Crippen molar-refractivity contribution in [2.45, 2.75) is 91.4 Å². The quantitative estimate of drug-likeness (QED) is 0.520. The molecule has 0 radical (unpaired) electrons. The van der Waals surface area contributed by atoms with Crippen molar-refractivity contribution >= 4 is 0 Å². The Bertz CT molecular complexity index is 244. The van der Waals surface area contributed by atoms with Crippen molar-refractivity contribution in [1.29, 1.82) is 0 Å². The number of hydrogen-bond acceptors (Lipinski definition) is 2. The van der Waals surface area contributed by atoms with Crippen LogP contribution in [0.1, 0.15) is 67.2 Å². The van der Waals surface area contributed by atoms with Crippen molar-refractivity contribution in [1.82, 2.24) is 6.23 Å². The highest BCUT2D eigenvalue weighted by Crippen LogP contribution is 2.25. The largest absolute Gasteiger partial charge is 0.514 e. The van der Waals surface area contributed by atoms with Gasteiger partial charge in [-0.3, -0.25) is 0 Å². The van der Waals surface area contributed by atoms with Crippen molar-refractivity contribution < 1.29 is 21.8 Å². The molecule has 2 aliphatic heterocycles. The molecule has 0 N–H and O–H groups in total. The molecule has 0 aromatic rings. The Morgan fingerprint density at radius 2 is 0.842 bits per heavy atom. The second kappa shape index (κ2) is 6.61. The van der Waals surface area contributed by atoms with E-state index < -0.39 is 0 Å². The van der Waals surface area contributed by atoms with E-state index >= 15 is 0 Å². The zero-order valence-corrected chi connectivity index (χ0v) is 15.7. The van der Waals surface area contributed by atoms with Gasteiger partial charge in [0.05, 0.1) is 24.2 Å². The molecule has 0 aliphatic carbocycles. The molecule has 2 fully saturated rings. The van der Waals surface area contributed by atoms with Gasteiger partial charge < -0.3 is 0 Å². The van der Waals surface area contributed by atoms with Crippen molar-refractivity contribution in [2.24, 2.45) is 11.8 Å². The lowest BCUT2D eigenvalue weighted by atomic mass is 9.91. The van der Waals surface area contributed by atoms with E-state index in [-0.39, 0.29) is 21.8 Å². The number of nitrogens with zero attached hydrogens (tertiary/aromatic N) is 2.